The quantitative estimate of drug-likeness (QED) is 0.0436. The van der Waals surface area contributed by atoms with Crippen molar-refractivity contribution >= 4 is 186 Å². The Morgan fingerprint density at radius 1 is 0.506 bits per heavy atom. The Morgan fingerprint density at radius 2 is 0.802 bits per heavy atom. The number of ether oxygens (including phenoxy) is 4. The Hall–Kier alpha value is -5.05. The van der Waals surface area contributed by atoms with Gasteiger partial charge >= 0.3 is 24.0 Å². The molecule has 3 aliphatic heterocycles. The fourth-order valence-electron chi connectivity index (χ4n) is 10.0. The van der Waals surface area contributed by atoms with E-state index in [2.05, 4.69) is 0 Å². The number of thiophene rings is 3. The summed E-state index contributed by atoms with van der Waals surface area (Å²) in [5, 5.41) is 1.72. The van der Waals surface area contributed by atoms with Gasteiger partial charge in [0.1, 0.15) is 22.8 Å². The second-order valence-electron chi connectivity index (χ2n) is 20.6. The number of fused-ring (bicyclic) bond motifs is 9. The molecular formula is C58H64Cl5N3O12S3. The molecule has 0 radical (unpaired) electrons. The summed E-state index contributed by atoms with van der Waals surface area (Å²) in [6.45, 7) is 16.9. The summed E-state index contributed by atoms with van der Waals surface area (Å²) in [5.74, 6) is 0.778. The lowest BCUT2D eigenvalue weighted by Gasteiger charge is -2.25. The van der Waals surface area contributed by atoms with Crippen molar-refractivity contribution in [3.63, 3.8) is 0 Å². The van der Waals surface area contributed by atoms with E-state index in [1.165, 1.54) is 20.8 Å². The molecule has 0 fully saturated rings. The van der Waals surface area contributed by atoms with Crippen molar-refractivity contribution in [2.24, 2.45) is 0 Å². The second kappa shape index (κ2) is 27.6. The lowest BCUT2D eigenvalue weighted by molar-refractivity contribution is -0.132. The maximum absolute atomic E-state index is 13.6. The van der Waals surface area contributed by atoms with E-state index >= 15 is 0 Å². The van der Waals surface area contributed by atoms with Gasteiger partial charge in [-0.3, -0.25) is 38.5 Å². The van der Waals surface area contributed by atoms with Gasteiger partial charge in [-0.1, -0.05) is 7.43 Å². The molecule has 3 aliphatic rings. The predicted molar refractivity (Wildman–Crippen MR) is 328 cm³/mol. The lowest BCUT2D eigenvalue weighted by Crippen LogP contribution is -2.36. The van der Waals surface area contributed by atoms with Gasteiger partial charge in [-0.15, -0.1) is 68.8 Å². The van der Waals surface area contributed by atoms with Gasteiger partial charge < -0.3 is 28.7 Å². The molecule has 3 aromatic carbocycles. The van der Waals surface area contributed by atoms with E-state index in [-0.39, 0.29) is 62.7 Å². The number of alkyl halides is 3. The third-order valence-electron chi connectivity index (χ3n) is 13.1. The highest BCUT2D eigenvalue weighted by Gasteiger charge is 2.40. The van der Waals surface area contributed by atoms with Crippen molar-refractivity contribution in [1.82, 2.24) is 0 Å². The van der Waals surface area contributed by atoms with Gasteiger partial charge in [0.2, 0.25) is 22.3 Å². The van der Waals surface area contributed by atoms with Crippen molar-refractivity contribution in [2.75, 3.05) is 52.0 Å². The molecule has 0 bridgehead atoms. The molecule has 0 aliphatic carbocycles. The number of carbonyl (C=O) groups is 8. The largest absolute Gasteiger partial charge is 0.443 e. The number of halogens is 5. The van der Waals surface area contributed by atoms with Crippen molar-refractivity contribution in [1.29, 1.82) is 0 Å². The van der Waals surface area contributed by atoms with E-state index in [0.717, 1.165) is 61.6 Å². The zero-order chi connectivity index (χ0) is 58.7. The maximum atomic E-state index is 13.6. The molecule has 15 nitrogen and oxygen atoms in total. The van der Waals surface area contributed by atoms with E-state index in [1.54, 1.807) is 66.9 Å². The minimum atomic E-state index is -0.599. The maximum Gasteiger partial charge on any atom is 0.414 e. The third kappa shape index (κ3) is 15.2. The topological polar surface area (TPSA) is 183 Å². The van der Waals surface area contributed by atoms with E-state index in [4.69, 9.17) is 77.0 Å². The van der Waals surface area contributed by atoms with Crippen LogP contribution in [0.5, 0.6) is 17.2 Å². The second-order valence-corrected chi connectivity index (χ2v) is 26.1. The Bertz CT molecular complexity index is 3290. The van der Waals surface area contributed by atoms with Gasteiger partial charge in [0.05, 0.1) is 17.1 Å². The highest BCUT2D eigenvalue weighted by atomic mass is 35.5. The third-order valence-corrected chi connectivity index (χ3v) is 17.8. The minimum absolute atomic E-state index is 0. The van der Waals surface area contributed by atoms with Gasteiger partial charge in [-0.2, -0.15) is 0 Å². The normalized spacial score (nSPS) is 15.9. The summed E-state index contributed by atoms with van der Waals surface area (Å²) in [7, 11) is 0. The first-order valence-electron chi connectivity index (χ1n) is 25.7. The van der Waals surface area contributed by atoms with Crippen LogP contribution < -0.4 is 28.9 Å². The Balaban J connectivity index is 0.000000247. The zero-order valence-electron chi connectivity index (χ0n) is 45.5. The van der Waals surface area contributed by atoms with Gasteiger partial charge in [-0.25, -0.2) is 4.79 Å². The Labute approximate surface area is 507 Å². The van der Waals surface area contributed by atoms with Crippen LogP contribution in [0, 0.1) is 20.8 Å². The minimum Gasteiger partial charge on any atom is -0.443 e. The van der Waals surface area contributed by atoms with Crippen LogP contribution >= 0.6 is 92.0 Å². The molecule has 0 unspecified atom stereocenters. The number of hydrogen-bond acceptors (Lipinski definition) is 15. The molecule has 3 atom stereocenters. The van der Waals surface area contributed by atoms with Gasteiger partial charge in [0.25, 0.3) is 0 Å². The monoisotopic (exact) mass is 1270 g/mol. The first-order chi connectivity index (χ1) is 37.7. The molecule has 0 saturated heterocycles. The molecule has 0 N–H and O–H groups in total. The first-order valence-corrected chi connectivity index (χ1v) is 30.5. The molecule has 23 heteroatoms. The predicted octanol–water partition coefficient (Wildman–Crippen LogP) is 15.3. The van der Waals surface area contributed by atoms with Crippen LogP contribution in [0.1, 0.15) is 137 Å². The molecule has 6 heterocycles. The van der Waals surface area contributed by atoms with E-state index in [0.29, 0.717) is 84.4 Å². The highest BCUT2D eigenvalue weighted by Crippen LogP contribution is 2.52. The van der Waals surface area contributed by atoms with E-state index in [9.17, 15) is 38.4 Å². The van der Waals surface area contributed by atoms with Crippen LogP contribution in [0.25, 0.3) is 30.3 Å². The molecule has 3 aromatic heterocycles. The fraction of sp³-hybridized carbons (Fsp3) is 0.448. The van der Waals surface area contributed by atoms with Gasteiger partial charge in [0.15, 0.2) is 0 Å². The SMILES string of the molecule is C.CC(=O)Oc1cc2c(c3sc(C)cc13)[C@H](CCl)CN2C(=O)CCCC(=O)N1C[C@@H](CCl)c2c1cc(OC(C)=O)c1cc(C)sc21.CC(=O)Oc1cc2c(c3sc(C)cc13)[C@H](CCl)CN2C(=O)OC(C)(C)C.O=C(Cl)CCCC(=O)Cl. The molecular weight excluding hydrogens is 1200 g/mol. The molecule has 6 aromatic rings. The number of hydrogen-bond donors (Lipinski definition) is 0. The number of esters is 3. The summed E-state index contributed by atoms with van der Waals surface area (Å²) in [6.07, 6.45) is 1.14. The zero-order valence-corrected chi connectivity index (χ0v) is 51.8. The number of carbonyl (C=O) groups excluding carboxylic acids is 8. The molecule has 3 amide bonds. The summed E-state index contributed by atoms with van der Waals surface area (Å²) >= 11 is 33.7. The molecule has 436 valence electrons. The lowest BCUT2D eigenvalue weighted by atomic mass is 10.0. The Kier molecular flexibility index (Phi) is 22.2. The number of rotatable bonds is 14. The average Bonchev–Trinajstić information content (AvgIpc) is 4.44. The van der Waals surface area contributed by atoms with Crippen LogP contribution in [0.4, 0.5) is 21.9 Å². The van der Waals surface area contributed by atoms with Crippen LogP contribution in [0.15, 0.2) is 36.4 Å². The number of aryl methyl sites for hydroxylation is 3. The van der Waals surface area contributed by atoms with Crippen molar-refractivity contribution < 1.29 is 57.3 Å². The van der Waals surface area contributed by atoms with Gasteiger partial charge in [-0.05, 0) is 95.8 Å². The number of amides is 3. The van der Waals surface area contributed by atoms with Crippen LogP contribution in [0.2, 0.25) is 0 Å². The standard InChI is InChI=1S/C33H32Cl2N2O6S2.C19H22ClNO4S.C5H6Cl2O2.CH4/c1-16-8-22-26(42-18(3)38)10-24-30(32(22)44-16)20(12-34)14-36(24)28(40)6-5-7-29(41)37-15-21(13-35)31-25(37)11-27(43-19(4)39)23-9-17(2)45-33(23)31;1-10-6-13-15(24-11(2)22)7-14-16(17(13)26-10)12(8-20)9-21(14)18(23)25-19(3,4)5;6-4(8)2-1-3-5(7)9;/h8-11,20-21H,5-7,12-15H2,1-4H3;6-7,12H,8-9H2,1-5H3;1-3H2;1H4/t20-,21-;12-;;/m11../s1. The Morgan fingerprint density at radius 3 is 1.09 bits per heavy atom. The summed E-state index contributed by atoms with van der Waals surface area (Å²) in [5.41, 5.74) is 4.53. The molecule has 9 rings (SSSR count). The van der Waals surface area contributed by atoms with Crippen molar-refractivity contribution in [3.05, 3.63) is 67.7 Å². The molecule has 0 saturated carbocycles. The molecule has 0 spiro atoms. The number of benzene rings is 3. The summed E-state index contributed by atoms with van der Waals surface area (Å²) in [6, 6.07) is 11.3. The van der Waals surface area contributed by atoms with Crippen LogP contribution in [-0.4, -0.2) is 89.2 Å². The van der Waals surface area contributed by atoms with Gasteiger partial charge in [0, 0.05) is 181 Å². The van der Waals surface area contributed by atoms with E-state index in [1.807, 2.05) is 59.7 Å². The van der Waals surface area contributed by atoms with E-state index < -0.39 is 40.1 Å². The highest BCUT2D eigenvalue weighted by molar-refractivity contribution is 7.20. The molecule has 81 heavy (non-hydrogen) atoms. The van der Waals surface area contributed by atoms with Crippen molar-refractivity contribution in [2.45, 2.75) is 132 Å². The first kappa shape index (κ1) is 65.1. The van der Waals surface area contributed by atoms with Crippen LogP contribution in [0.3, 0.4) is 0 Å². The van der Waals surface area contributed by atoms with Crippen LogP contribution in [-0.2, 0) is 38.3 Å². The summed E-state index contributed by atoms with van der Waals surface area (Å²) in [4.78, 5) is 104. The fourth-order valence-corrected chi connectivity index (χ4v) is 14.5. The smallest absolute Gasteiger partial charge is 0.414 e. The number of nitrogens with zero attached hydrogens (tertiary/aromatic N) is 3. The average molecular weight is 1270 g/mol. The van der Waals surface area contributed by atoms with Crippen molar-refractivity contribution in [3.8, 4) is 17.2 Å². The summed E-state index contributed by atoms with van der Waals surface area (Å²) < 4.78 is 25.0. The number of anilines is 3.